The average Bonchev–Trinajstić information content (AvgIpc) is 2.13. The maximum absolute atomic E-state index is 5.38. The lowest BCUT2D eigenvalue weighted by Crippen LogP contribution is -2.06. The van der Waals surface area contributed by atoms with Crippen LogP contribution < -0.4 is 4.74 Å². The molecule has 1 aromatic rings. The Bertz CT molecular complexity index is 278. The van der Waals surface area contributed by atoms with Gasteiger partial charge in [-0.2, -0.15) is 0 Å². The summed E-state index contributed by atoms with van der Waals surface area (Å²) in [6.07, 6.45) is 1.72. The van der Waals surface area contributed by atoms with Crippen molar-refractivity contribution >= 4 is 15.9 Å². The number of aryl methyl sites for hydroxylation is 1. The van der Waals surface area contributed by atoms with Crippen LogP contribution in [0.1, 0.15) is 5.56 Å². The highest BCUT2D eigenvalue weighted by atomic mass is 79.9. The van der Waals surface area contributed by atoms with E-state index in [9.17, 15) is 0 Å². The monoisotopic (exact) mass is 245 g/mol. The van der Waals surface area contributed by atoms with Crippen molar-refractivity contribution in [2.45, 2.75) is 6.92 Å². The lowest BCUT2D eigenvalue weighted by molar-refractivity contribution is 0.143. The van der Waals surface area contributed by atoms with Crippen LogP contribution in [0.4, 0.5) is 0 Å². The van der Waals surface area contributed by atoms with E-state index < -0.39 is 0 Å². The predicted molar refractivity (Wildman–Crippen MR) is 54.0 cm³/mol. The van der Waals surface area contributed by atoms with Gasteiger partial charge in [0.15, 0.2) is 0 Å². The molecule has 0 aliphatic heterocycles. The Morgan fingerprint density at radius 3 is 2.92 bits per heavy atom. The number of rotatable bonds is 4. The lowest BCUT2D eigenvalue weighted by atomic mass is 10.3. The second-order valence-electron chi connectivity index (χ2n) is 2.59. The third-order valence-electron chi connectivity index (χ3n) is 1.58. The van der Waals surface area contributed by atoms with Crippen molar-refractivity contribution in [1.82, 2.24) is 4.98 Å². The van der Waals surface area contributed by atoms with Gasteiger partial charge < -0.3 is 9.47 Å². The molecule has 0 N–H and O–H groups in total. The molecule has 3 nitrogen and oxygen atoms in total. The third-order valence-corrected chi connectivity index (χ3v) is 2.54. The van der Waals surface area contributed by atoms with E-state index in [4.69, 9.17) is 9.47 Å². The summed E-state index contributed by atoms with van der Waals surface area (Å²) in [5.41, 5.74) is 1.11. The molecule has 0 spiro atoms. The molecule has 0 fully saturated rings. The summed E-state index contributed by atoms with van der Waals surface area (Å²) in [7, 11) is 1.64. The molecule has 13 heavy (non-hydrogen) atoms. The predicted octanol–water partition coefficient (Wildman–Crippen LogP) is 2.18. The summed E-state index contributed by atoms with van der Waals surface area (Å²) in [6.45, 7) is 3.09. The average molecular weight is 246 g/mol. The van der Waals surface area contributed by atoms with Crippen LogP contribution in [0.5, 0.6) is 5.88 Å². The first-order chi connectivity index (χ1) is 6.25. The first-order valence-electron chi connectivity index (χ1n) is 3.98. The maximum atomic E-state index is 5.38. The molecule has 0 saturated carbocycles. The van der Waals surface area contributed by atoms with E-state index in [1.807, 2.05) is 13.0 Å². The van der Waals surface area contributed by atoms with Gasteiger partial charge in [0.2, 0.25) is 5.88 Å². The standard InChI is InChI=1S/C9H12BrNO2/c1-7-3-4-11-9(8(7)10)13-6-5-12-2/h3-4H,5-6H2,1-2H3. The minimum Gasteiger partial charge on any atom is -0.474 e. The van der Waals surface area contributed by atoms with Gasteiger partial charge in [-0.05, 0) is 34.5 Å². The van der Waals surface area contributed by atoms with Gasteiger partial charge in [0.05, 0.1) is 11.1 Å². The molecule has 0 saturated heterocycles. The Hall–Kier alpha value is -0.610. The molecule has 0 radical (unpaired) electrons. The number of methoxy groups -OCH3 is 1. The van der Waals surface area contributed by atoms with Crippen molar-refractivity contribution in [3.8, 4) is 5.88 Å². The Morgan fingerprint density at radius 2 is 2.23 bits per heavy atom. The van der Waals surface area contributed by atoms with Crippen LogP contribution in [-0.2, 0) is 4.74 Å². The second kappa shape index (κ2) is 5.19. The van der Waals surface area contributed by atoms with Gasteiger partial charge in [0, 0.05) is 13.3 Å². The quantitative estimate of drug-likeness (QED) is 0.763. The smallest absolute Gasteiger partial charge is 0.228 e. The number of aromatic nitrogens is 1. The summed E-state index contributed by atoms with van der Waals surface area (Å²) in [6, 6.07) is 1.92. The van der Waals surface area contributed by atoms with E-state index in [0.29, 0.717) is 19.1 Å². The molecule has 1 rings (SSSR count). The number of pyridine rings is 1. The van der Waals surface area contributed by atoms with Gasteiger partial charge in [-0.25, -0.2) is 4.98 Å². The molecule has 0 bridgehead atoms. The fourth-order valence-electron chi connectivity index (χ4n) is 0.838. The van der Waals surface area contributed by atoms with E-state index in [1.54, 1.807) is 13.3 Å². The minimum atomic E-state index is 0.519. The summed E-state index contributed by atoms with van der Waals surface area (Å²) >= 11 is 3.40. The highest BCUT2D eigenvalue weighted by molar-refractivity contribution is 9.10. The summed E-state index contributed by atoms with van der Waals surface area (Å²) in [5.74, 6) is 0.622. The van der Waals surface area contributed by atoms with Crippen LogP contribution >= 0.6 is 15.9 Å². The molecule has 4 heteroatoms. The summed E-state index contributed by atoms with van der Waals surface area (Å²) in [5, 5.41) is 0. The molecule has 0 aliphatic carbocycles. The zero-order valence-electron chi connectivity index (χ0n) is 7.71. The van der Waals surface area contributed by atoms with Crippen LogP contribution in [0.15, 0.2) is 16.7 Å². The highest BCUT2D eigenvalue weighted by Gasteiger charge is 2.03. The molecule has 0 atom stereocenters. The Labute approximate surface area is 86.2 Å². The summed E-state index contributed by atoms with van der Waals surface area (Å²) in [4.78, 5) is 4.09. The van der Waals surface area contributed by atoms with Crippen molar-refractivity contribution < 1.29 is 9.47 Å². The van der Waals surface area contributed by atoms with Crippen molar-refractivity contribution in [3.63, 3.8) is 0 Å². The van der Waals surface area contributed by atoms with Gasteiger partial charge in [0.25, 0.3) is 0 Å². The van der Waals surface area contributed by atoms with Crippen molar-refractivity contribution in [2.75, 3.05) is 20.3 Å². The lowest BCUT2D eigenvalue weighted by Gasteiger charge is -2.07. The van der Waals surface area contributed by atoms with Crippen LogP contribution in [0.3, 0.4) is 0 Å². The Kier molecular flexibility index (Phi) is 4.18. The normalized spacial score (nSPS) is 10.1. The Balaban J connectivity index is 2.61. The molecule has 1 aromatic heterocycles. The van der Waals surface area contributed by atoms with Gasteiger partial charge in [-0.3, -0.25) is 0 Å². The fraction of sp³-hybridized carbons (Fsp3) is 0.444. The molecule has 0 aliphatic rings. The van der Waals surface area contributed by atoms with Gasteiger partial charge >= 0.3 is 0 Å². The zero-order chi connectivity index (χ0) is 9.68. The van der Waals surface area contributed by atoms with Crippen LogP contribution in [0.2, 0.25) is 0 Å². The molecule has 0 aromatic carbocycles. The van der Waals surface area contributed by atoms with E-state index >= 15 is 0 Å². The van der Waals surface area contributed by atoms with Gasteiger partial charge in [-0.15, -0.1) is 0 Å². The molecular weight excluding hydrogens is 234 g/mol. The van der Waals surface area contributed by atoms with E-state index in [1.165, 1.54) is 0 Å². The number of nitrogens with zero attached hydrogens (tertiary/aromatic N) is 1. The molecule has 0 amide bonds. The first kappa shape index (κ1) is 10.5. The molecule has 1 heterocycles. The number of halogens is 1. The topological polar surface area (TPSA) is 31.4 Å². The van der Waals surface area contributed by atoms with Gasteiger partial charge in [0.1, 0.15) is 6.61 Å². The van der Waals surface area contributed by atoms with E-state index in [2.05, 4.69) is 20.9 Å². The van der Waals surface area contributed by atoms with Crippen molar-refractivity contribution in [2.24, 2.45) is 0 Å². The first-order valence-corrected chi connectivity index (χ1v) is 4.78. The SMILES string of the molecule is COCCOc1nccc(C)c1Br. The Morgan fingerprint density at radius 1 is 1.46 bits per heavy atom. The second-order valence-corrected chi connectivity index (χ2v) is 3.38. The van der Waals surface area contributed by atoms with E-state index in [-0.39, 0.29) is 0 Å². The van der Waals surface area contributed by atoms with Crippen LogP contribution in [-0.4, -0.2) is 25.3 Å². The van der Waals surface area contributed by atoms with E-state index in [0.717, 1.165) is 10.0 Å². The minimum absolute atomic E-state index is 0.519. The van der Waals surface area contributed by atoms with Crippen molar-refractivity contribution in [1.29, 1.82) is 0 Å². The molecular formula is C9H12BrNO2. The largest absolute Gasteiger partial charge is 0.474 e. The number of hydrogen-bond donors (Lipinski definition) is 0. The summed E-state index contributed by atoms with van der Waals surface area (Å²) < 4.78 is 11.1. The molecule has 72 valence electrons. The fourth-order valence-corrected chi connectivity index (χ4v) is 1.19. The van der Waals surface area contributed by atoms with Crippen molar-refractivity contribution in [3.05, 3.63) is 22.3 Å². The highest BCUT2D eigenvalue weighted by Crippen LogP contribution is 2.24. The van der Waals surface area contributed by atoms with Crippen LogP contribution in [0, 0.1) is 6.92 Å². The maximum Gasteiger partial charge on any atom is 0.228 e. The third kappa shape index (κ3) is 2.97. The molecule has 0 unspecified atom stereocenters. The zero-order valence-corrected chi connectivity index (χ0v) is 9.30. The van der Waals surface area contributed by atoms with Gasteiger partial charge in [-0.1, -0.05) is 0 Å². The number of hydrogen-bond acceptors (Lipinski definition) is 3. The van der Waals surface area contributed by atoms with Crippen LogP contribution in [0.25, 0.3) is 0 Å². The number of ether oxygens (including phenoxy) is 2.